The van der Waals surface area contributed by atoms with E-state index in [-0.39, 0.29) is 30.6 Å². The van der Waals surface area contributed by atoms with Crippen LogP contribution in [0.4, 0.5) is 11.6 Å². The van der Waals surface area contributed by atoms with E-state index in [1.807, 2.05) is 18.4 Å². The summed E-state index contributed by atoms with van der Waals surface area (Å²) in [5.74, 6) is 0.693. The molecular formula is C36H61BrN10O11P2SSi. The molecule has 0 saturated heterocycles. The summed E-state index contributed by atoms with van der Waals surface area (Å²) in [6.07, 6.45) is 4.59. The minimum absolute atomic E-state index is 0.00245. The fraction of sp³-hybridized carbons (Fsp3) is 0.556. The van der Waals surface area contributed by atoms with Crippen molar-refractivity contribution in [2.24, 2.45) is 0 Å². The highest BCUT2D eigenvalue weighted by Gasteiger charge is 2.29. The Morgan fingerprint density at radius 1 is 0.726 bits per heavy atom. The van der Waals surface area contributed by atoms with Gasteiger partial charge in [-0.3, -0.25) is 13.3 Å². The number of fused-ring (bicyclic) bond motifs is 2. The summed E-state index contributed by atoms with van der Waals surface area (Å²) in [6, 6.07) is 6.16. The van der Waals surface area contributed by atoms with E-state index < -0.39 is 44.5 Å². The first kappa shape index (κ1) is 54.9. The van der Waals surface area contributed by atoms with Crippen LogP contribution in [0.3, 0.4) is 0 Å². The summed E-state index contributed by atoms with van der Waals surface area (Å²) in [7, 11) is -10.7. The average molecular weight is 1010 g/mol. The van der Waals surface area contributed by atoms with Crippen LogP contribution >= 0.6 is 30.5 Å². The van der Waals surface area contributed by atoms with Gasteiger partial charge in [0.05, 0.1) is 69.3 Å². The van der Waals surface area contributed by atoms with E-state index >= 15 is 0 Å². The molecule has 4 aromatic heterocycles. The summed E-state index contributed by atoms with van der Waals surface area (Å²) < 4.78 is 82.6. The van der Waals surface area contributed by atoms with Crippen LogP contribution in [0.1, 0.15) is 47.1 Å². The van der Waals surface area contributed by atoms with Gasteiger partial charge in [-0.15, -0.1) is 15.3 Å². The molecule has 348 valence electrons. The molecule has 0 amide bonds. The molecule has 62 heavy (non-hydrogen) atoms. The maximum atomic E-state index is 12.4. The number of ether oxygens (including phenoxy) is 1. The molecule has 0 fully saturated rings. The Bertz CT molecular complexity index is 2290. The van der Waals surface area contributed by atoms with Gasteiger partial charge in [0.15, 0.2) is 29.3 Å². The van der Waals surface area contributed by atoms with Crippen molar-refractivity contribution in [1.82, 2.24) is 39.0 Å². The molecule has 0 spiro atoms. The lowest BCUT2D eigenvalue weighted by Crippen LogP contribution is -2.18. The Labute approximate surface area is 372 Å². The lowest BCUT2D eigenvalue weighted by molar-refractivity contribution is 0.0672. The molecule has 0 unspecified atom stereocenters. The number of hydrogen-bond acceptors (Lipinski definition) is 19. The molecule has 26 heteroatoms. The SMILES string of the molecule is CCOP(=O)(COS(=O)(=O)c1ccc(C)cc1)OCC.CCOP(=O)(CO[C@H](C)Cn1cnc2c(N)ncnc21)OCC.C[C@@H](O)Cn1cnc2c(N)ncnc21.C[Si](C)(C)Br. The van der Waals surface area contributed by atoms with Gasteiger partial charge in [-0.2, -0.15) is 8.42 Å². The number of aromatic nitrogens is 8. The summed E-state index contributed by atoms with van der Waals surface area (Å²) in [6.45, 7) is 20.0. The number of aliphatic hydroxyl groups excluding tert-OH is 1. The van der Waals surface area contributed by atoms with Crippen molar-refractivity contribution in [1.29, 1.82) is 0 Å². The van der Waals surface area contributed by atoms with E-state index in [1.54, 1.807) is 64.0 Å². The number of benzene rings is 1. The fourth-order valence-electron chi connectivity index (χ4n) is 4.81. The standard InChI is InChI=1S/C13H22N5O4P.C12H19O6PS.C8H11N5O.C3H9BrSi/c1-4-21-23(19,22-5-2)9-20-10(3)6-18-8-17-11-12(14)15-7-16-13(11)18;1-4-16-19(13,17-5-2)10-18-20(14,15)12-8-6-11(3)7-9-12;1-5(14)2-13-4-12-6-7(9)10-3-11-8(6)13;1-5(2,3)4/h7-8,10H,4-6,9H2,1-3H3,(H2,14,15,16);6-9H,4-5,10H2,1-3H3;3-5,14H,2H2,1H3,(H2,9,10,11);1-3H3/t10-;;5-;/m1.1./s1. The molecular weight excluding hydrogens is 950 g/mol. The molecule has 0 saturated carbocycles. The lowest BCUT2D eigenvalue weighted by atomic mass is 10.2. The summed E-state index contributed by atoms with van der Waals surface area (Å²) in [5, 5.41) is 9.23. The Kier molecular flexibility index (Phi) is 22.9. The number of hydrogen-bond donors (Lipinski definition) is 3. The molecule has 0 aliphatic heterocycles. The first-order valence-electron chi connectivity index (χ1n) is 19.5. The number of anilines is 2. The molecule has 0 aliphatic carbocycles. The smallest absolute Gasteiger partial charge is 0.357 e. The lowest BCUT2D eigenvalue weighted by Gasteiger charge is -2.20. The minimum atomic E-state index is -3.98. The molecule has 21 nitrogen and oxygen atoms in total. The van der Waals surface area contributed by atoms with E-state index in [4.69, 9.17) is 38.5 Å². The van der Waals surface area contributed by atoms with Crippen LogP contribution in [0.2, 0.25) is 19.6 Å². The Morgan fingerprint density at radius 3 is 1.53 bits per heavy atom. The molecule has 4 heterocycles. The number of nitrogens with zero attached hydrogens (tertiary/aromatic N) is 8. The predicted molar refractivity (Wildman–Crippen MR) is 245 cm³/mol. The fourth-order valence-corrected chi connectivity index (χ4v) is 8.95. The van der Waals surface area contributed by atoms with Gasteiger partial charge in [-0.1, -0.05) is 37.3 Å². The second-order valence-electron chi connectivity index (χ2n) is 14.1. The van der Waals surface area contributed by atoms with Crippen molar-refractivity contribution in [3.63, 3.8) is 0 Å². The molecule has 0 radical (unpaired) electrons. The second-order valence-corrected chi connectivity index (χ2v) is 31.0. The molecule has 5 N–H and O–H groups in total. The molecule has 5 rings (SSSR count). The normalized spacial score (nSPS) is 13.0. The van der Waals surface area contributed by atoms with Crippen molar-refractivity contribution in [3.05, 3.63) is 55.1 Å². The number of halogens is 1. The third-order valence-corrected chi connectivity index (χ3v) is 12.2. The molecule has 1 aromatic carbocycles. The number of nitrogen functional groups attached to an aromatic ring is 2. The van der Waals surface area contributed by atoms with E-state index in [1.165, 1.54) is 24.8 Å². The number of nitrogens with two attached hydrogens (primary N) is 2. The third kappa shape index (κ3) is 19.2. The van der Waals surface area contributed by atoms with Gasteiger partial charge in [-0.05, 0) is 60.6 Å². The van der Waals surface area contributed by atoms with Crippen LogP contribution in [0, 0.1) is 6.92 Å². The molecule has 0 aliphatic rings. The van der Waals surface area contributed by atoms with Gasteiger partial charge in [-0.25, -0.2) is 29.9 Å². The average Bonchev–Trinajstić information content (AvgIpc) is 3.79. The van der Waals surface area contributed by atoms with Crippen molar-refractivity contribution in [2.75, 3.05) is 50.6 Å². The zero-order chi connectivity index (χ0) is 46.7. The van der Waals surface area contributed by atoms with E-state index in [0.717, 1.165) is 5.56 Å². The summed E-state index contributed by atoms with van der Waals surface area (Å²) >= 11 is 3.51. The highest BCUT2D eigenvalue weighted by molar-refractivity contribution is 9.26. The topological polar surface area (TPSA) is 283 Å². The van der Waals surface area contributed by atoms with Crippen LogP contribution in [-0.2, 0) is 59.4 Å². The molecule has 2 atom stereocenters. The predicted octanol–water partition coefficient (Wildman–Crippen LogP) is 6.97. The Hall–Kier alpha value is -3.25. The van der Waals surface area contributed by atoms with Crippen LogP contribution < -0.4 is 11.5 Å². The first-order valence-corrected chi connectivity index (χ1v) is 30.2. The van der Waals surface area contributed by atoms with Crippen molar-refractivity contribution >= 4 is 81.3 Å². The first-order chi connectivity index (χ1) is 29.0. The van der Waals surface area contributed by atoms with Gasteiger partial charge >= 0.3 is 15.2 Å². The summed E-state index contributed by atoms with van der Waals surface area (Å²) in [5.41, 5.74) is 14.7. The van der Waals surface area contributed by atoms with E-state index in [0.29, 0.717) is 60.3 Å². The number of aryl methyl sites for hydroxylation is 1. The van der Waals surface area contributed by atoms with Crippen molar-refractivity contribution in [2.45, 2.75) is 98.3 Å². The van der Waals surface area contributed by atoms with Crippen molar-refractivity contribution in [3.8, 4) is 0 Å². The second kappa shape index (κ2) is 25.9. The maximum absolute atomic E-state index is 12.4. The van der Waals surface area contributed by atoms with Crippen molar-refractivity contribution < 1.29 is 49.7 Å². The van der Waals surface area contributed by atoms with Gasteiger partial charge in [0, 0.05) is 0 Å². The van der Waals surface area contributed by atoms with Gasteiger partial charge in [0.25, 0.3) is 10.1 Å². The highest BCUT2D eigenvalue weighted by Crippen LogP contribution is 2.49. The minimum Gasteiger partial charge on any atom is -0.392 e. The van der Waals surface area contributed by atoms with E-state index in [2.05, 4.69) is 64.8 Å². The van der Waals surface area contributed by atoms with Crippen LogP contribution in [0.25, 0.3) is 22.3 Å². The zero-order valence-electron chi connectivity index (χ0n) is 36.9. The molecule has 0 bridgehead atoms. The number of rotatable bonds is 19. The Morgan fingerprint density at radius 2 is 1.13 bits per heavy atom. The van der Waals surface area contributed by atoms with Gasteiger partial charge < -0.3 is 48.5 Å². The van der Waals surface area contributed by atoms with E-state index in [9.17, 15) is 22.7 Å². The van der Waals surface area contributed by atoms with Gasteiger partial charge in [0.2, 0.25) is 0 Å². The quantitative estimate of drug-likeness (QED) is 0.0326. The zero-order valence-corrected chi connectivity index (χ0v) is 42.1. The largest absolute Gasteiger partial charge is 0.392 e. The van der Waals surface area contributed by atoms with Gasteiger partial charge in [0.1, 0.15) is 36.7 Å². The number of imidazole rings is 2. The summed E-state index contributed by atoms with van der Waals surface area (Å²) in [4.78, 5) is 24.2. The van der Waals surface area contributed by atoms with Crippen LogP contribution in [-0.4, -0.2) is 111 Å². The van der Waals surface area contributed by atoms with Crippen LogP contribution in [0.15, 0.2) is 54.5 Å². The maximum Gasteiger partial charge on any atom is 0.357 e. The highest BCUT2D eigenvalue weighted by atomic mass is 79.9. The van der Waals surface area contributed by atoms with Crippen LogP contribution in [0.5, 0.6) is 0 Å². The monoisotopic (exact) mass is 1010 g/mol. The molecule has 5 aromatic rings. The third-order valence-electron chi connectivity index (χ3n) is 7.27. The number of aliphatic hydroxyl groups is 1. The Balaban J connectivity index is 0.000000310.